The van der Waals surface area contributed by atoms with Gasteiger partial charge in [0.25, 0.3) is 0 Å². The van der Waals surface area contributed by atoms with E-state index in [0.29, 0.717) is 12.8 Å². The maximum absolute atomic E-state index is 10.3. The number of hydrogen-bond donors (Lipinski definition) is 3. The van der Waals surface area contributed by atoms with Crippen LogP contribution in [0.2, 0.25) is 0 Å². The lowest BCUT2D eigenvalue weighted by molar-refractivity contribution is -0.137. The van der Waals surface area contributed by atoms with Gasteiger partial charge in [0.2, 0.25) is 0 Å². The summed E-state index contributed by atoms with van der Waals surface area (Å²) < 4.78 is 0. The first-order valence-corrected chi connectivity index (χ1v) is 4.83. The number of benzene rings is 1. The second-order valence-corrected chi connectivity index (χ2v) is 3.56. The summed E-state index contributed by atoms with van der Waals surface area (Å²) in [5, 5.41) is 17.5. The Balaban J connectivity index is 2.40. The Kier molecular flexibility index (Phi) is 4.12. The van der Waals surface area contributed by atoms with Crippen LogP contribution in [0.3, 0.4) is 0 Å². The van der Waals surface area contributed by atoms with Gasteiger partial charge in [-0.2, -0.15) is 0 Å². The zero-order valence-corrected chi connectivity index (χ0v) is 8.39. The van der Waals surface area contributed by atoms with Gasteiger partial charge in [-0.3, -0.25) is 4.79 Å². The molecule has 4 heteroatoms. The van der Waals surface area contributed by atoms with Gasteiger partial charge in [0.1, 0.15) is 5.75 Å². The van der Waals surface area contributed by atoms with Crippen LogP contribution in [0.5, 0.6) is 5.75 Å². The molecule has 0 spiro atoms. The number of hydrogen-bond acceptors (Lipinski definition) is 3. The molecular formula is C11H15NO3. The van der Waals surface area contributed by atoms with Crippen LogP contribution in [-0.4, -0.2) is 22.2 Å². The van der Waals surface area contributed by atoms with Crippen molar-refractivity contribution in [2.75, 3.05) is 0 Å². The molecule has 1 aromatic rings. The molecule has 0 aliphatic rings. The highest BCUT2D eigenvalue weighted by Crippen LogP contribution is 2.12. The molecule has 1 rings (SSSR count). The number of nitrogens with two attached hydrogens (primary N) is 1. The largest absolute Gasteiger partial charge is 0.508 e. The van der Waals surface area contributed by atoms with E-state index in [1.54, 1.807) is 24.3 Å². The number of carbonyl (C=O) groups is 1. The van der Waals surface area contributed by atoms with E-state index in [0.717, 1.165) is 5.56 Å². The normalized spacial score (nSPS) is 12.3. The van der Waals surface area contributed by atoms with Crippen molar-refractivity contribution in [2.24, 2.45) is 5.73 Å². The molecule has 0 saturated carbocycles. The van der Waals surface area contributed by atoms with Gasteiger partial charge in [-0.05, 0) is 30.5 Å². The fourth-order valence-corrected chi connectivity index (χ4v) is 1.35. The number of aromatic hydroxyl groups is 1. The highest BCUT2D eigenvalue weighted by Gasteiger charge is 2.06. The molecule has 0 amide bonds. The van der Waals surface area contributed by atoms with Crippen LogP contribution < -0.4 is 5.73 Å². The highest BCUT2D eigenvalue weighted by molar-refractivity contribution is 5.66. The number of carboxylic acid groups (broad SMARTS) is 1. The molecule has 0 aliphatic heterocycles. The first kappa shape index (κ1) is 11.5. The molecule has 0 aliphatic carbocycles. The monoisotopic (exact) mass is 209 g/mol. The fraction of sp³-hybridized carbons (Fsp3) is 0.364. The lowest BCUT2D eigenvalue weighted by atomic mass is 10.0. The van der Waals surface area contributed by atoms with Crippen LogP contribution in [-0.2, 0) is 11.2 Å². The molecule has 4 N–H and O–H groups in total. The average Bonchev–Trinajstić information content (AvgIpc) is 2.19. The van der Waals surface area contributed by atoms with E-state index in [4.69, 9.17) is 15.9 Å². The van der Waals surface area contributed by atoms with E-state index < -0.39 is 5.97 Å². The number of carboxylic acids is 1. The van der Waals surface area contributed by atoms with Crippen molar-refractivity contribution >= 4 is 5.97 Å². The molecule has 1 aromatic carbocycles. The van der Waals surface area contributed by atoms with E-state index in [-0.39, 0.29) is 18.2 Å². The molecule has 0 unspecified atom stereocenters. The molecule has 82 valence electrons. The lowest BCUT2D eigenvalue weighted by Crippen LogP contribution is -2.23. The van der Waals surface area contributed by atoms with E-state index in [1.165, 1.54) is 0 Å². The van der Waals surface area contributed by atoms with Gasteiger partial charge in [0, 0.05) is 12.5 Å². The minimum atomic E-state index is -0.823. The zero-order valence-electron chi connectivity index (χ0n) is 8.39. The third kappa shape index (κ3) is 4.46. The molecule has 0 radical (unpaired) electrons. The van der Waals surface area contributed by atoms with Crippen molar-refractivity contribution in [3.63, 3.8) is 0 Å². The van der Waals surface area contributed by atoms with Gasteiger partial charge in [-0.1, -0.05) is 12.1 Å². The average molecular weight is 209 g/mol. The van der Waals surface area contributed by atoms with E-state index in [9.17, 15) is 4.79 Å². The Hall–Kier alpha value is -1.55. The van der Waals surface area contributed by atoms with Crippen LogP contribution in [0.25, 0.3) is 0 Å². The smallest absolute Gasteiger partial charge is 0.303 e. The summed E-state index contributed by atoms with van der Waals surface area (Å²) in [5.74, 6) is -0.603. The number of aliphatic carboxylic acids is 1. The maximum atomic E-state index is 10.3. The second-order valence-electron chi connectivity index (χ2n) is 3.56. The summed E-state index contributed by atoms with van der Waals surface area (Å²) in [6.45, 7) is 0. The zero-order chi connectivity index (χ0) is 11.3. The number of phenolic OH excluding ortho intramolecular Hbond substituents is 1. The molecular weight excluding hydrogens is 194 g/mol. The summed E-state index contributed by atoms with van der Waals surface area (Å²) in [7, 11) is 0. The van der Waals surface area contributed by atoms with Crippen molar-refractivity contribution < 1.29 is 15.0 Å². The lowest BCUT2D eigenvalue weighted by Gasteiger charge is -2.09. The third-order valence-electron chi connectivity index (χ3n) is 2.16. The van der Waals surface area contributed by atoms with E-state index in [1.807, 2.05) is 0 Å². The van der Waals surface area contributed by atoms with Crippen molar-refractivity contribution in [1.82, 2.24) is 0 Å². The van der Waals surface area contributed by atoms with E-state index >= 15 is 0 Å². The Morgan fingerprint density at radius 2 is 1.93 bits per heavy atom. The predicted octanol–water partition coefficient (Wildman–Crippen LogP) is 1.13. The molecule has 15 heavy (non-hydrogen) atoms. The van der Waals surface area contributed by atoms with Crippen LogP contribution in [0.1, 0.15) is 18.4 Å². The van der Waals surface area contributed by atoms with Crippen molar-refractivity contribution in [1.29, 1.82) is 0 Å². The molecule has 0 saturated heterocycles. The van der Waals surface area contributed by atoms with E-state index in [2.05, 4.69) is 0 Å². The summed E-state index contributed by atoms with van der Waals surface area (Å²) in [5.41, 5.74) is 6.77. The molecule has 0 bridgehead atoms. The van der Waals surface area contributed by atoms with Gasteiger partial charge >= 0.3 is 5.97 Å². The second kappa shape index (κ2) is 5.36. The standard InChI is InChI=1S/C11H15NO3/c12-9(3-6-11(14)15)7-8-1-4-10(13)5-2-8/h1-2,4-5,9,13H,3,6-7,12H2,(H,14,15)/t9-/m0/s1. The minimum absolute atomic E-state index is 0.0965. The van der Waals surface area contributed by atoms with Gasteiger partial charge in [-0.15, -0.1) is 0 Å². The summed E-state index contributed by atoms with van der Waals surface area (Å²) in [6, 6.07) is 6.62. The third-order valence-corrected chi connectivity index (χ3v) is 2.16. The van der Waals surface area contributed by atoms with Gasteiger partial charge in [-0.25, -0.2) is 0 Å². The number of rotatable bonds is 5. The summed E-state index contributed by atoms with van der Waals surface area (Å²) >= 11 is 0. The van der Waals surface area contributed by atoms with Crippen molar-refractivity contribution in [3.05, 3.63) is 29.8 Å². The molecule has 0 aromatic heterocycles. The van der Waals surface area contributed by atoms with Gasteiger partial charge < -0.3 is 15.9 Å². The van der Waals surface area contributed by atoms with Crippen LogP contribution in [0, 0.1) is 0 Å². The fourth-order valence-electron chi connectivity index (χ4n) is 1.35. The maximum Gasteiger partial charge on any atom is 0.303 e. The first-order chi connectivity index (χ1) is 7.08. The summed E-state index contributed by atoms with van der Waals surface area (Å²) in [6.07, 6.45) is 1.20. The molecule has 0 fully saturated rings. The van der Waals surface area contributed by atoms with Crippen LogP contribution in [0.4, 0.5) is 0 Å². The predicted molar refractivity (Wildman–Crippen MR) is 56.7 cm³/mol. The summed E-state index contributed by atoms with van der Waals surface area (Å²) in [4.78, 5) is 10.3. The van der Waals surface area contributed by atoms with Crippen LogP contribution >= 0.6 is 0 Å². The molecule has 1 atom stereocenters. The topological polar surface area (TPSA) is 83.6 Å². The Morgan fingerprint density at radius 3 is 2.47 bits per heavy atom. The first-order valence-electron chi connectivity index (χ1n) is 4.83. The molecule has 4 nitrogen and oxygen atoms in total. The van der Waals surface area contributed by atoms with Gasteiger partial charge in [0.15, 0.2) is 0 Å². The highest BCUT2D eigenvalue weighted by atomic mass is 16.4. The Labute approximate surface area is 88.3 Å². The number of phenols is 1. The Morgan fingerprint density at radius 1 is 1.33 bits per heavy atom. The quantitative estimate of drug-likeness (QED) is 0.678. The van der Waals surface area contributed by atoms with Crippen molar-refractivity contribution in [3.8, 4) is 5.75 Å². The van der Waals surface area contributed by atoms with Crippen molar-refractivity contribution in [2.45, 2.75) is 25.3 Å². The molecule has 0 heterocycles. The van der Waals surface area contributed by atoms with Gasteiger partial charge in [0.05, 0.1) is 0 Å². The Bertz CT molecular complexity index is 321. The SMILES string of the molecule is N[C@@H](CCC(=O)O)Cc1ccc(O)cc1. The van der Waals surface area contributed by atoms with Crippen LogP contribution in [0.15, 0.2) is 24.3 Å². The minimum Gasteiger partial charge on any atom is -0.508 e.